The summed E-state index contributed by atoms with van der Waals surface area (Å²) in [6.07, 6.45) is 1.51. The normalized spacial score (nSPS) is 11.2. The van der Waals surface area contributed by atoms with E-state index in [0.717, 1.165) is 15.0 Å². The molecule has 0 saturated carbocycles. The molecule has 0 atom stereocenters. The van der Waals surface area contributed by atoms with Gasteiger partial charge in [-0.25, -0.2) is 4.39 Å². The topological polar surface area (TPSA) is 29.1 Å². The zero-order valence-electron chi connectivity index (χ0n) is 10.9. The highest BCUT2D eigenvalue weighted by Crippen LogP contribution is 2.14. The zero-order chi connectivity index (χ0) is 14.5. The van der Waals surface area contributed by atoms with Gasteiger partial charge in [0.25, 0.3) is 0 Å². The Morgan fingerprint density at radius 3 is 2.30 bits per heavy atom. The van der Waals surface area contributed by atoms with Crippen LogP contribution in [0.3, 0.4) is 0 Å². The third-order valence-corrected chi connectivity index (χ3v) is 3.38. The number of benzene rings is 2. The molecular formula is C16H13FINO. The summed E-state index contributed by atoms with van der Waals surface area (Å²) >= 11 is 2.23. The number of halogens is 2. The summed E-state index contributed by atoms with van der Waals surface area (Å²) in [4.78, 5) is 12.0. The summed E-state index contributed by atoms with van der Waals surface area (Å²) < 4.78 is 13.9. The fourth-order valence-electron chi connectivity index (χ4n) is 1.69. The lowest BCUT2D eigenvalue weighted by Gasteiger charge is -2.06. The van der Waals surface area contributed by atoms with E-state index < -0.39 is 0 Å². The van der Waals surface area contributed by atoms with Crippen molar-refractivity contribution in [2.24, 2.45) is 0 Å². The van der Waals surface area contributed by atoms with Gasteiger partial charge in [-0.3, -0.25) is 4.79 Å². The van der Waals surface area contributed by atoms with E-state index in [-0.39, 0.29) is 11.6 Å². The lowest BCUT2D eigenvalue weighted by Crippen LogP contribution is -2.01. The second kappa shape index (κ2) is 6.65. The number of hydrogen-bond donors (Lipinski definition) is 1. The molecule has 0 unspecified atom stereocenters. The number of nitrogens with one attached hydrogen (secondary N) is 1. The number of carbonyl (C=O) groups is 1. The average Bonchev–Trinajstić information content (AvgIpc) is 2.42. The zero-order valence-corrected chi connectivity index (χ0v) is 13.0. The molecule has 0 heterocycles. The molecule has 0 radical (unpaired) electrons. The van der Waals surface area contributed by atoms with Crippen LogP contribution in [-0.4, -0.2) is 5.78 Å². The third kappa shape index (κ3) is 4.16. The Morgan fingerprint density at radius 1 is 1.10 bits per heavy atom. The van der Waals surface area contributed by atoms with Crippen molar-refractivity contribution < 1.29 is 9.18 Å². The Kier molecular flexibility index (Phi) is 4.89. The second-order valence-electron chi connectivity index (χ2n) is 4.33. The SMILES string of the molecule is C/C(=C\C(=O)c1ccc(F)cc1)Nc1ccc(I)cc1. The molecule has 2 rings (SSSR count). The predicted octanol–water partition coefficient (Wildman–Crippen LogP) is 4.63. The number of ketones is 1. The molecule has 0 fully saturated rings. The van der Waals surface area contributed by atoms with Crippen LogP contribution in [0.2, 0.25) is 0 Å². The van der Waals surface area contributed by atoms with Gasteiger partial charge in [-0.05, 0) is 78.0 Å². The molecule has 0 aliphatic heterocycles. The Morgan fingerprint density at radius 2 is 1.70 bits per heavy atom. The van der Waals surface area contributed by atoms with Crippen molar-refractivity contribution >= 4 is 34.1 Å². The molecule has 4 heteroatoms. The standard InChI is InChI=1S/C16H13FINO/c1-11(19-15-8-6-14(18)7-9-15)10-16(20)12-2-4-13(17)5-3-12/h2-10,19H,1H3/b11-10+. The first-order chi connectivity index (χ1) is 9.54. The highest BCUT2D eigenvalue weighted by molar-refractivity contribution is 14.1. The number of allylic oxidation sites excluding steroid dienone is 2. The van der Waals surface area contributed by atoms with E-state index in [1.807, 2.05) is 31.2 Å². The summed E-state index contributed by atoms with van der Waals surface area (Å²) in [5.74, 6) is -0.500. The van der Waals surface area contributed by atoms with Gasteiger partial charge in [0.15, 0.2) is 5.78 Å². The summed E-state index contributed by atoms with van der Waals surface area (Å²) in [6.45, 7) is 1.82. The van der Waals surface area contributed by atoms with Crippen LogP contribution in [0, 0.1) is 9.39 Å². The first-order valence-corrected chi connectivity index (χ1v) is 7.13. The molecule has 0 aliphatic rings. The molecule has 0 amide bonds. The van der Waals surface area contributed by atoms with Gasteiger partial charge in [0.1, 0.15) is 5.82 Å². The Balaban J connectivity index is 2.07. The van der Waals surface area contributed by atoms with Crippen molar-refractivity contribution in [1.29, 1.82) is 0 Å². The molecule has 0 saturated heterocycles. The Hall–Kier alpha value is -1.69. The summed E-state index contributed by atoms with van der Waals surface area (Å²) in [5.41, 5.74) is 2.13. The molecule has 20 heavy (non-hydrogen) atoms. The van der Waals surface area contributed by atoms with Gasteiger partial charge < -0.3 is 5.32 Å². The quantitative estimate of drug-likeness (QED) is 0.476. The molecular weight excluding hydrogens is 368 g/mol. The predicted molar refractivity (Wildman–Crippen MR) is 87.3 cm³/mol. The van der Waals surface area contributed by atoms with Crippen LogP contribution >= 0.6 is 22.6 Å². The number of anilines is 1. The minimum Gasteiger partial charge on any atom is -0.359 e. The van der Waals surface area contributed by atoms with Crippen molar-refractivity contribution in [3.05, 3.63) is 75.3 Å². The van der Waals surface area contributed by atoms with E-state index in [0.29, 0.717) is 5.56 Å². The Bertz CT molecular complexity index is 633. The molecule has 0 spiro atoms. The lowest BCUT2D eigenvalue weighted by molar-refractivity contribution is 0.104. The van der Waals surface area contributed by atoms with Gasteiger partial charge in [-0.1, -0.05) is 0 Å². The molecule has 102 valence electrons. The molecule has 0 bridgehead atoms. The van der Waals surface area contributed by atoms with Crippen molar-refractivity contribution in [1.82, 2.24) is 0 Å². The maximum Gasteiger partial charge on any atom is 0.187 e. The van der Waals surface area contributed by atoms with E-state index in [9.17, 15) is 9.18 Å². The fourth-order valence-corrected chi connectivity index (χ4v) is 2.05. The highest BCUT2D eigenvalue weighted by Gasteiger charge is 2.03. The first-order valence-electron chi connectivity index (χ1n) is 6.05. The second-order valence-corrected chi connectivity index (χ2v) is 5.58. The van der Waals surface area contributed by atoms with Crippen LogP contribution in [0.5, 0.6) is 0 Å². The van der Waals surface area contributed by atoms with Gasteiger partial charge >= 0.3 is 0 Å². The van der Waals surface area contributed by atoms with Crippen LogP contribution in [0.1, 0.15) is 17.3 Å². The van der Waals surface area contributed by atoms with E-state index in [1.54, 1.807) is 0 Å². The van der Waals surface area contributed by atoms with Crippen LogP contribution in [0.25, 0.3) is 0 Å². The van der Waals surface area contributed by atoms with Gasteiger partial charge in [0.05, 0.1) is 0 Å². The van der Waals surface area contributed by atoms with E-state index in [4.69, 9.17) is 0 Å². The van der Waals surface area contributed by atoms with E-state index in [2.05, 4.69) is 27.9 Å². The number of hydrogen-bond acceptors (Lipinski definition) is 2. The molecule has 2 aromatic rings. The smallest absolute Gasteiger partial charge is 0.187 e. The largest absolute Gasteiger partial charge is 0.359 e. The van der Waals surface area contributed by atoms with Gasteiger partial charge in [0, 0.05) is 26.6 Å². The summed E-state index contributed by atoms with van der Waals surface area (Å²) in [6, 6.07) is 13.4. The number of rotatable bonds is 4. The van der Waals surface area contributed by atoms with E-state index in [1.165, 1.54) is 30.3 Å². The molecule has 0 aliphatic carbocycles. The van der Waals surface area contributed by atoms with Crippen LogP contribution in [0.4, 0.5) is 10.1 Å². The minimum atomic E-state index is -0.348. The van der Waals surface area contributed by atoms with Crippen LogP contribution in [0.15, 0.2) is 60.3 Å². The minimum absolute atomic E-state index is 0.152. The lowest BCUT2D eigenvalue weighted by atomic mass is 10.1. The highest BCUT2D eigenvalue weighted by atomic mass is 127. The van der Waals surface area contributed by atoms with Crippen molar-refractivity contribution in [3.8, 4) is 0 Å². The molecule has 0 aromatic heterocycles. The maximum absolute atomic E-state index is 12.8. The van der Waals surface area contributed by atoms with Crippen LogP contribution < -0.4 is 5.32 Å². The van der Waals surface area contributed by atoms with Crippen molar-refractivity contribution in [3.63, 3.8) is 0 Å². The average molecular weight is 381 g/mol. The first kappa shape index (κ1) is 14.7. The van der Waals surface area contributed by atoms with Crippen molar-refractivity contribution in [2.75, 3.05) is 5.32 Å². The van der Waals surface area contributed by atoms with E-state index >= 15 is 0 Å². The molecule has 1 N–H and O–H groups in total. The van der Waals surface area contributed by atoms with Crippen molar-refractivity contribution in [2.45, 2.75) is 6.92 Å². The molecule has 2 aromatic carbocycles. The Labute approximate surface area is 130 Å². The number of carbonyl (C=O) groups excluding carboxylic acids is 1. The van der Waals surface area contributed by atoms with Crippen LogP contribution in [-0.2, 0) is 0 Å². The summed E-state index contributed by atoms with van der Waals surface area (Å²) in [5, 5.41) is 3.14. The fraction of sp³-hybridized carbons (Fsp3) is 0.0625. The van der Waals surface area contributed by atoms with Gasteiger partial charge in [-0.2, -0.15) is 0 Å². The van der Waals surface area contributed by atoms with Gasteiger partial charge in [0.2, 0.25) is 0 Å². The summed E-state index contributed by atoms with van der Waals surface area (Å²) in [7, 11) is 0. The molecule has 2 nitrogen and oxygen atoms in total. The third-order valence-electron chi connectivity index (χ3n) is 2.66. The monoisotopic (exact) mass is 381 g/mol. The maximum atomic E-state index is 12.8. The van der Waals surface area contributed by atoms with Gasteiger partial charge in [-0.15, -0.1) is 0 Å².